The molecule has 0 aromatic carbocycles. The van der Waals surface area contributed by atoms with Crippen LogP contribution in [-0.4, -0.2) is 27.8 Å². The lowest BCUT2D eigenvalue weighted by Gasteiger charge is -1.99. The molecule has 0 aliphatic carbocycles. The van der Waals surface area contributed by atoms with Gasteiger partial charge in [-0.1, -0.05) is 5.04 Å². The van der Waals surface area contributed by atoms with Crippen LogP contribution < -0.4 is 0 Å². The third-order valence-electron chi connectivity index (χ3n) is 0.428. The monoisotopic (exact) mass is 138 g/mol. The van der Waals surface area contributed by atoms with Crippen LogP contribution in [0.4, 0.5) is 0 Å². The van der Waals surface area contributed by atoms with Gasteiger partial charge in [0.05, 0.1) is 0 Å². The first kappa shape index (κ1) is 8.80. The van der Waals surface area contributed by atoms with Gasteiger partial charge in [-0.3, -0.25) is 0 Å². The van der Waals surface area contributed by atoms with Gasteiger partial charge in [-0.25, -0.2) is 0 Å². The predicted octanol–water partition coefficient (Wildman–Crippen LogP) is 0.0740. The third kappa shape index (κ3) is 7.80. The Morgan fingerprint density at radius 1 is 0.889 bits per heavy atom. The van der Waals surface area contributed by atoms with Gasteiger partial charge in [0.15, 0.2) is 13.6 Å². The Balaban J connectivity index is 2.60. The molecule has 56 valence electrons. The van der Waals surface area contributed by atoms with Crippen molar-refractivity contribution in [2.24, 2.45) is 0 Å². The second-order valence-electron chi connectivity index (χ2n) is 1.12. The van der Waals surface area contributed by atoms with Crippen molar-refractivity contribution in [1.82, 2.24) is 0 Å². The van der Waals surface area contributed by atoms with Gasteiger partial charge in [0.1, 0.15) is 0 Å². The van der Waals surface area contributed by atoms with Gasteiger partial charge in [0.25, 0.3) is 0 Å². The average Bonchev–Trinajstić information content (AvgIpc) is 1.89. The second kappa shape index (κ2) is 7.80. The molecule has 0 aromatic rings. The number of hydrogen-bond acceptors (Lipinski definition) is 5. The van der Waals surface area contributed by atoms with E-state index in [0.717, 1.165) is 0 Å². The normalized spacial score (nSPS) is 10.0. The zero-order chi connectivity index (χ0) is 6.95. The molecule has 0 bridgehead atoms. The Hall–Kier alpha value is -0.200. The van der Waals surface area contributed by atoms with Crippen LogP contribution in [0.2, 0.25) is 0 Å². The van der Waals surface area contributed by atoms with Gasteiger partial charge >= 0.3 is 0 Å². The van der Waals surface area contributed by atoms with Crippen LogP contribution >= 0.6 is 0 Å². The van der Waals surface area contributed by atoms with E-state index in [1.807, 2.05) is 0 Å². The van der Waals surface area contributed by atoms with Gasteiger partial charge in [-0.05, 0) is 0 Å². The number of rotatable bonds is 6. The van der Waals surface area contributed by atoms with Crippen LogP contribution in [0, 0.1) is 0 Å². The van der Waals surface area contributed by atoms with Crippen molar-refractivity contribution < 1.29 is 24.3 Å². The Morgan fingerprint density at radius 3 is 1.67 bits per heavy atom. The number of ether oxygens (including phenoxy) is 2. The molecule has 0 heterocycles. The van der Waals surface area contributed by atoms with Gasteiger partial charge in [-0.15, -0.1) is 0 Å². The Morgan fingerprint density at radius 2 is 1.33 bits per heavy atom. The Bertz CT molecular complexity index is 42.2. The molecule has 0 radical (unpaired) electrons. The van der Waals surface area contributed by atoms with Gasteiger partial charge < -0.3 is 9.47 Å². The van der Waals surface area contributed by atoms with E-state index in [1.165, 1.54) is 14.2 Å². The minimum Gasteiger partial charge on any atom is -0.355 e. The molecule has 0 N–H and O–H groups in total. The van der Waals surface area contributed by atoms with E-state index in [1.54, 1.807) is 0 Å². The quantitative estimate of drug-likeness (QED) is 0.225. The molecular weight excluding hydrogens is 128 g/mol. The molecule has 5 heteroatoms. The molecule has 0 aliphatic rings. The molecule has 9 heavy (non-hydrogen) atoms. The minimum absolute atomic E-state index is 0.0315. The van der Waals surface area contributed by atoms with Crippen molar-refractivity contribution in [2.75, 3.05) is 27.8 Å². The zero-order valence-corrected chi connectivity index (χ0v) is 5.46. The maximum absolute atomic E-state index is 4.45. The molecule has 0 aromatic heterocycles. The highest BCUT2D eigenvalue weighted by Crippen LogP contribution is 1.80. The highest BCUT2D eigenvalue weighted by molar-refractivity contribution is 3.82. The van der Waals surface area contributed by atoms with Crippen LogP contribution in [-0.2, 0) is 24.3 Å². The number of hydrogen-bond donors (Lipinski definition) is 0. The lowest BCUT2D eigenvalue weighted by molar-refractivity contribution is -0.539. The largest absolute Gasteiger partial charge is 0.355 e. The molecule has 0 spiro atoms. The Kier molecular flexibility index (Phi) is 7.63. The SMILES string of the molecule is COCOOOCOC. The summed E-state index contributed by atoms with van der Waals surface area (Å²) in [6.07, 6.45) is 0. The predicted molar refractivity (Wildman–Crippen MR) is 27.0 cm³/mol. The first-order valence-corrected chi connectivity index (χ1v) is 2.30. The smallest absolute Gasteiger partial charge is 0.183 e. The fourth-order valence-corrected chi connectivity index (χ4v) is 0.170. The molecule has 0 fully saturated rings. The van der Waals surface area contributed by atoms with E-state index in [0.29, 0.717) is 0 Å². The third-order valence-corrected chi connectivity index (χ3v) is 0.428. The minimum atomic E-state index is 0.0315. The van der Waals surface area contributed by atoms with E-state index in [-0.39, 0.29) is 13.6 Å². The molecule has 0 unspecified atom stereocenters. The van der Waals surface area contributed by atoms with E-state index in [9.17, 15) is 0 Å². The fraction of sp³-hybridized carbons (Fsp3) is 1.00. The van der Waals surface area contributed by atoms with Gasteiger partial charge in [0, 0.05) is 14.2 Å². The van der Waals surface area contributed by atoms with Crippen molar-refractivity contribution in [3.8, 4) is 0 Å². The van der Waals surface area contributed by atoms with Gasteiger partial charge in [0.2, 0.25) is 0 Å². The van der Waals surface area contributed by atoms with Crippen molar-refractivity contribution in [2.45, 2.75) is 0 Å². The summed E-state index contributed by atoms with van der Waals surface area (Å²) in [5, 5.41) is 4.06. The molecule has 0 saturated carbocycles. The first-order chi connectivity index (χ1) is 4.41. The summed E-state index contributed by atoms with van der Waals surface area (Å²) >= 11 is 0. The highest BCUT2D eigenvalue weighted by Gasteiger charge is 1.84. The second-order valence-corrected chi connectivity index (χ2v) is 1.12. The topological polar surface area (TPSA) is 46.2 Å². The van der Waals surface area contributed by atoms with E-state index in [4.69, 9.17) is 0 Å². The van der Waals surface area contributed by atoms with Crippen LogP contribution in [0.1, 0.15) is 0 Å². The van der Waals surface area contributed by atoms with Crippen molar-refractivity contribution in [3.05, 3.63) is 0 Å². The number of methoxy groups -OCH3 is 2. The maximum Gasteiger partial charge on any atom is 0.183 e. The first-order valence-electron chi connectivity index (χ1n) is 2.30. The summed E-state index contributed by atoms with van der Waals surface area (Å²) in [4.78, 5) is 8.52. The molecule has 0 saturated heterocycles. The Labute approximate surface area is 53.3 Å². The van der Waals surface area contributed by atoms with E-state index < -0.39 is 0 Å². The summed E-state index contributed by atoms with van der Waals surface area (Å²) in [6, 6.07) is 0. The highest BCUT2D eigenvalue weighted by atomic mass is 17.5. The summed E-state index contributed by atoms with van der Waals surface area (Å²) in [5.74, 6) is 0. The summed E-state index contributed by atoms with van der Waals surface area (Å²) in [6.45, 7) is 0.0629. The lowest BCUT2D eigenvalue weighted by Crippen LogP contribution is -2.01. The van der Waals surface area contributed by atoms with Crippen molar-refractivity contribution in [3.63, 3.8) is 0 Å². The molecule has 0 amide bonds. The summed E-state index contributed by atoms with van der Waals surface area (Å²) < 4.78 is 8.91. The summed E-state index contributed by atoms with van der Waals surface area (Å²) in [5.41, 5.74) is 0. The van der Waals surface area contributed by atoms with Crippen LogP contribution in [0.25, 0.3) is 0 Å². The standard InChI is InChI=1S/C4H10O5/c1-5-3-7-9-8-4-6-2/h3-4H2,1-2H3. The molecule has 0 aliphatic heterocycles. The molecule has 0 atom stereocenters. The van der Waals surface area contributed by atoms with Crippen LogP contribution in [0.3, 0.4) is 0 Å². The summed E-state index contributed by atoms with van der Waals surface area (Å²) in [7, 11) is 2.94. The van der Waals surface area contributed by atoms with Crippen LogP contribution in [0.5, 0.6) is 0 Å². The lowest BCUT2D eigenvalue weighted by atomic mass is 11.4. The zero-order valence-electron chi connectivity index (χ0n) is 5.46. The average molecular weight is 138 g/mol. The molecule has 0 rings (SSSR count). The van der Waals surface area contributed by atoms with Crippen molar-refractivity contribution in [1.29, 1.82) is 0 Å². The molecular formula is C4H10O5. The van der Waals surface area contributed by atoms with E-state index >= 15 is 0 Å². The van der Waals surface area contributed by atoms with Crippen LogP contribution in [0.15, 0.2) is 0 Å². The fourth-order valence-electron chi connectivity index (χ4n) is 0.170. The molecule has 5 nitrogen and oxygen atoms in total. The maximum atomic E-state index is 4.45. The van der Waals surface area contributed by atoms with E-state index in [2.05, 4.69) is 24.3 Å². The van der Waals surface area contributed by atoms with Gasteiger partial charge in [-0.2, -0.15) is 9.78 Å². The van der Waals surface area contributed by atoms with Crippen molar-refractivity contribution >= 4 is 0 Å².